The van der Waals surface area contributed by atoms with E-state index in [4.69, 9.17) is 24.8 Å². The van der Waals surface area contributed by atoms with Gasteiger partial charge in [0.25, 0.3) is 0 Å². The van der Waals surface area contributed by atoms with Crippen molar-refractivity contribution in [2.75, 3.05) is 31.3 Å². The van der Waals surface area contributed by atoms with Crippen molar-refractivity contribution in [3.05, 3.63) is 0 Å². The maximum atomic E-state index is 4.87. The molecule has 0 aliphatic heterocycles. The van der Waals surface area contributed by atoms with Crippen molar-refractivity contribution in [2.24, 2.45) is 0 Å². The summed E-state index contributed by atoms with van der Waals surface area (Å²) in [6.07, 6.45) is 9.88. The van der Waals surface area contributed by atoms with E-state index in [0.717, 1.165) is 3.53 Å². The molecule has 0 bridgehead atoms. The average Bonchev–Trinajstić information content (AvgIpc) is 2.37. The van der Waals surface area contributed by atoms with Crippen molar-refractivity contribution in [1.82, 2.24) is 0 Å². The minimum Gasteiger partial charge on any atom is -0.768 e. The monoisotopic (exact) mass is 851 g/mol. The molecule has 21 heavy (non-hydrogen) atoms. The normalized spacial score (nSPS) is 7.00. The second-order valence-electron chi connectivity index (χ2n) is 1.87. The third-order valence-electron chi connectivity index (χ3n) is 0.885. The largest absolute Gasteiger partial charge is 0.768 e. The molecule has 0 unspecified atom stereocenters. The molecule has 0 N–H and O–H groups in total. The van der Waals surface area contributed by atoms with Crippen LogP contribution >= 0.6 is 83.2 Å². The number of rotatable bonds is 2. The van der Waals surface area contributed by atoms with E-state index in [0.29, 0.717) is 7.44 Å². The molecule has 0 saturated carbocycles. The van der Waals surface area contributed by atoms with E-state index in [9.17, 15) is 0 Å². The maximum absolute atomic E-state index is 4.87. The first kappa shape index (κ1) is 46.0. The second-order valence-corrected chi connectivity index (χ2v) is 10.3. The molecule has 0 amide bonds. The van der Waals surface area contributed by atoms with E-state index in [1.807, 2.05) is 31.3 Å². The molecule has 0 rings (SSSR count). The molecule has 0 saturated heterocycles. The van der Waals surface area contributed by atoms with Gasteiger partial charge in [0.05, 0.1) is 0 Å². The Bertz CT molecular complexity index is 185. The third kappa shape index (κ3) is 58.4. The molecule has 0 aromatic rings. The van der Waals surface area contributed by atoms with Gasteiger partial charge in [-0.2, -0.15) is 35.3 Å². The van der Waals surface area contributed by atoms with Gasteiger partial charge in [-0.25, -0.2) is 0 Å². The molecule has 0 atom stereocenters. The summed E-state index contributed by atoms with van der Waals surface area (Å²) in [6.45, 7) is 0. The van der Waals surface area contributed by atoms with E-state index in [1.54, 1.807) is 47.0 Å². The molecular formula is C9H20Pm3S9-2. The van der Waals surface area contributed by atoms with Crippen molar-refractivity contribution in [2.45, 2.75) is 11.3 Å². The van der Waals surface area contributed by atoms with Gasteiger partial charge in [0, 0.05) is 121 Å². The minimum absolute atomic E-state index is 0. The Balaban J connectivity index is -0.0000000257. The Morgan fingerprint density at radius 2 is 1.05 bits per heavy atom. The summed E-state index contributed by atoms with van der Waals surface area (Å²) in [5.41, 5.74) is 0. The predicted molar refractivity (Wildman–Crippen MR) is 118 cm³/mol. The summed E-state index contributed by atoms with van der Waals surface area (Å²) in [7, 11) is 0. The van der Waals surface area contributed by atoms with Gasteiger partial charge < -0.3 is 37.5 Å². The smallest absolute Gasteiger partial charge is 0.103 e. The third-order valence-corrected chi connectivity index (χ3v) is 7.96. The Morgan fingerprint density at radius 1 is 0.810 bits per heavy atom. The van der Waals surface area contributed by atoms with Crippen LogP contribution in [0.2, 0.25) is 0 Å². The Hall–Kier alpha value is 6.51. The first-order chi connectivity index (χ1) is 7.89. The molecule has 0 aromatic carbocycles. The summed E-state index contributed by atoms with van der Waals surface area (Å²) >= 11 is 26.7. The zero-order chi connectivity index (χ0) is 14.3. The Morgan fingerprint density at radius 3 is 1.05 bits per heavy atom. The van der Waals surface area contributed by atoms with E-state index in [-0.39, 0.29) is 129 Å². The standard InChI is InChI=1S/C3H8S3.C3H6S3.C2H4S3.CH4.3Pm/c2*1-5-3(4)6-2;1-5-2(3)4;;;;/h3-4H,1-2H3;1-2H3;1H3,(H,3,4);1H4;;;/p-2. The van der Waals surface area contributed by atoms with Crippen LogP contribution in [0.5, 0.6) is 0 Å². The van der Waals surface area contributed by atoms with Crippen molar-refractivity contribution in [3.63, 3.8) is 0 Å². The SMILES string of the molecule is C.CSC(=S)SC.CSC(=S)[S-].CSC([S-])SC.[Pm].[Pm].[Pm]. The zero-order valence-electron chi connectivity index (χ0n) is 11.6. The number of hydrogen-bond acceptors (Lipinski definition) is 9. The van der Waals surface area contributed by atoms with Crippen molar-refractivity contribution in [3.8, 4) is 0 Å². The van der Waals surface area contributed by atoms with E-state index in [1.165, 1.54) is 11.8 Å². The summed E-state index contributed by atoms with van der Waals surface area (Å²) in [4.78, 5) is 0. The van der Waals surface area contributed by atoms with E-state index < -0.39 is 0 Å². The quantitative estimate of drug-likeness (QED) is 0.203. The molecule has 0 heterocycles. The van der Waals surface area contributed by atoms with Crippen LogP contribution in [0.3, 0.4) is 0 Å². The van der Waals surface area contributed by atoms with Gasteiger partial charge in [-0.3, -0.25) is 0 Å². The van der Waals surface area contributed by atoms with Gasteiger partial charge in [-0.15, -0.1) is 23.5 Å². The second kappa shape index (κ2) is 41.0. The van der Waals surface area contributed by atoms with E-state index in [2.05, 4.69) is 24.8 Å². The van der Waals surface area contributed by atoms with Crippen LogP contribution in [0.1, 0.15) is 7.43 Å². The minimum atomic E-state index is 0. The molecule has 0 spiro atoms. The first-order valence-corrected chi connectivity index (χ1v) is 11.9. The van der Waals surface area contributed by atoms with Crippen molar-refractivity contribution in [1.29, 1.82) is 0 Å². The van der Waals surface area contributed by atoms with E-state index >= 15 is 0 Å². The summed E-state index contributed by atoms with van der Waals surface area (Å²) in [5, 5.41) is 0. The first-order valence-electron chi connectivity index (χ1n) is 3.97. The molecule has 0 aliphatic rings. The van der Waals surface area contributed by atoms with Crippen LogP contribution in [0.15, 0.2) is 0 Å². The van der Waals surface area contributed by atoms with Gasteiger partial charge in [-0.05, 0) is 31.3 Å². The molecule has 3 radical (unpaired) electrons. The summed E-state index contributed by atoms with van der Waals surface area (Å²) < 4.78 is 1.95. The van der Waals surface area contributed by atoms with Crippen LogP contribution in [0.25, 0.3) is 0 Å². The maximum Gasteiger partial charge on any atom is 0.103 e. The fraction of sp³-hybridized carbons (Fsp3) is 0.778. The van der Waals surface area contributed by atoms with Gasteiger partial charge >= 0.3 is 0 Å². The fourth-order valence-corrected chi connectivity index (χ4v) is 1.62. The van der Waals surface area contributed by atoms with Crippen LogP contribution in [0, 0.1) is 121 Å². The van der Waals surface area contributed by atoms with Gasteiger partial charge in [-0.1, -0.05) is 27.1 Å². The van der Waals surface area contributed by atoms with Crippen molar-refractivity contribution < 1.29 is 121 Å². The number of hydrogen-bond donors (Lipinski definition) is 0. The Kier molecular flexibility index (Phi) is 89.8. The Labute approximate surface area is 272 Å². The number of thioether (sulfide) groups is 5. The molecular weight excluding hydrogens is 832 g/mol. The fourth-order valence-electron chi connectivity index (χ4n) is 0.180. The van der Waals surface area contributed by atoms with Crippen LogP contribution in [-0.4, -0.2) is 42.3 Å². The van der Waals surface area contributed by atoms with Crippen LogP contribution in [0.4, 0.5) is 0 Å². The van der Waals surface area contributed by atoms with Gasteiger partial charge in [0.15, 0.2) is 0 Å². The van der Waals surface area contributed by atoms with Crippen molar-refractivity contribution >= 4 is 116 Å². The average molecular weight is 852 g/mol. The molecule has 12 heteroatoms. The van der Waals surface area contributed by atoms with Gasteiger partial charge in [0.1, 0.15) is 3.53 Å². The van der Waals surface area contributed by atoms with Gasteiger partial charge in [0.2, 0.25) is 0 Å². The zero-order valence-corrected chi connectivity index (χ0v) is 27.5. The molecule has 127 valence electrons. The van der Waals surface area contributed by atoms with Crippen LogP contribution < -0.4 is 0 Å². The molecule has 0 aromatic heterocycles. The molecule has 0 fully saturated rings. The number of thiocarbonyl (C=S) groups is 2. The molecule has 0 aliphatic carbocycles. The van der Waals surface area contributed by atoms with Crippen LogP contribution in [-0.2, 0) is 25.3 Å². The summed E-state index contributed by atoms with van der Waals surface area (Å²) in [6, 6.07) is 0. The predicted octanol–water partition coefficient (Wildman–Crippen LogP) is 5.36. The summed E-state index contributed by atoms with van der Waals surface area (Å²) in [5.74, 6) is 0. The topological polar surface area (TPSA) is 0 Å². The molecule has 0 nitrogen and oxygen atoms in total.